The van der Waals surface area contributed by atoms with Gasteiger partial charge in [-0.25, -0.2) is 9.59 Å². The maximum absolute atomic E-state index is 12.4. The zero-order valence-electron chi connectivity index (χ0n) is 20.0. The predicted octanol–water partition coefficient (Wildman–Crippen LogP) is 4.28. The molecule has 9 heteroatoms. The van der Waals surface area contributed by atoms with Crippen LogP contribution in [0.4, 0.5) is 10.7 Å². The van der Waals surface area contributed by atoms with Crippen LogP contribution in [-0.4, -0.2) is 45.2 Å². The molecule has 0 spiro atoms. The van der Waals surface area contributed by atoms with Crippen molar-refractivity contribution < 1.29 is 23.9 Å². The summed E-state index contributed by atoms with van der Waals surface area (Å²) in [6.45, 7) is 5.38. The van der Waals surface area contributed by atoms with Gasteiger partial charge in [-0.2, -0.15) is 5.26 Å². The van der Waals surface area contributed by atoms with Crippen LogP contribution in [0.3, 0.4) is 0 Å². The van der Waals surface area contributed by atoms with E-state index in [4.69, 9.17) is 9.47 Å². The molecule has 0 radical (unpaired) electrons. The Labute approximate surface area is 203 Å². The van der Waals surface area contributed by atoms with Crippen molar-refractivity contribution in [2.24, 2.45) is 5.92 Å². The molecule has 180 valence electrons. The van der Waals surface area contributed by atoms with E-state index in [0.29, 0.717) is 28.5 Å². The Hall–Kier alpha value is -3.64. The highest BCUT2D eigenvalue weighted by Gasteiger charge is 2.23. The number of hydrogen-bond acceptors (Lipinski definition) is 8. The van der Waals surface area contributed by atoms with Gasteiger partial charge >= 0.3 is 11.9 Å². The van der Waals surface area contributed by atoms with Gasteiger partial charge in [0, 0.05) is 19.8 Å². The highest BCUT2D eigenvalue weighted by molar-refractivity contribution is 7.15. The Morgan fingerprint density at radius 3 is 2.41 bits per heavy atom. The van der Waals surface area contributed by atoms with Crippen LogP contribution < -0.4 is 10.2 Å². The minimum Gasteiger partial charge on any atom is -0.462 e. The Morgan fingerprint density at radius 2 is 1.85 bits per heavy atom. The molecule has 1 aromatic carbocycles. The van der Waals surface area contributed by atoms with Crippen LogP contribution in [0.1, 0.15) is 42.3 Å². The molecule has 0 unspecified atom stereocenters. The van der Waals surface area contributed by atoms with E-state index in [0.717, 1.165) is 11.3 Å². The van der Waals surface area contributed by atoms with Crippen molar-refractivity contribution in [3.63, 3.8) is 0 Å². The number of nitrogens with one attached hydrogen (secondary N) is 1. The highest BCUT2D eigenvalue weighted by Crippen LogP contribution is 2.31. The number of anilines is 2. The molecule has 8 nitrogen and oxygen atoms in total. The van der Waals surface area contributed by atoms with Crippen LogP contribution in [0.15, 0.2) is 35.2 Å². The third kappa shape index (κ3) is 7.46. The molecule has 0 saturated heterocycles. The lowest BCUT2D eigenvalue weighted by Crippen LogP contribution is -2.22. The van der Waals surface area contributed by atoms with Gasteiger partial charge in [-0.15, -0.1) is 11.3 Å². The van der Waals surface area contributed by atoms with E-state index in [1.807, 2.05) is 50.4 Å². The molecular weight excluding hydrogens is 454 g/mol. The molecule has 0 bridgehead atoms. The molecule has 0 saturated carbocycles. The fourth-order valence-electron chi connectivity index (χ4n) is 3.05. The molecule has 0 aliphatic heterocycles. The van der Waals surface area contributed by atoms with Gasteiger partial charge < -0.3 is 19.7 Å². The number of thiophene rings is 1. The number of esters is 2. The molecule has 2 aromatic rings. The van der Waals surface area contributed by atoms with Gasteiger partial charge in [-0.05, 0) is 54.0 Å². The van der Waals surface area contributed by atoms with Crippen molar-refractivity contribution in [1.29, 1.82) is 5.26 Å². The van der Waals surface area contributed by atoms with Gasteiger partial charge in [-0.1, -0.05) is 26.0 Å². The van der Waals surface area contributed by atoms with Crippen molar-refractivity contribution in [2.45, 2.75) is 27.2 Å². The monoisotopic (exact) mass is 483 g/mol. The van der Waals surface area contributed by atoms with Gasteiger partial charge in [0.05, 0.1) is 12.2 Å². The minimum absolute atomic E-state index is 0.210. The third-order valence-corrected chi connectivity index (χ3v) is 5.57. The average molecular weight is 484 g/mol. The summed E-state index contributed by atoms with van der Waals surface area (Å²) in [5, 5.41) is 14.1. The summed E-state index contributed by atoms with van der Waals surface area (Å²) in [6.07, 6.45) is 2.05. The van der Waals surface area contributed by atoms with Gasteiger partial charge in [-0.3, -0.25) is 4.79 Å². The van der Waals surface area contributed by atoms with E-state index in [1.54, 1.807) is 25.1 Å². The predicted molar refractivity (Wildman–Crippen MR) is 133 cm³/mol. The Balaban J connectivity index is 2.06. The van der Waals surface area contributed by atoms with Crippen LogP contribution >= 0.6 is 11.3 Å². The quantitative estimate of drug-likeness (QED) is 0.305. The number of nitriles is 1. The van der Waals surface area contributed by atoms with Crippen LogP contribution in [0, 0.1) is 17.2 Å². The van der Waals surface area contributed by atoms with E-state index >= 15 is 0 Å². The molecule has 0 aliphatic carbocycles. The molecule has 1 heterocycles. The van der Waals surface area contributed by atoms with Crippen molar-refractivity contribution in [3.05, 3.63) is 51.9 Å². The van der Waals surface area contributed by atoms with Crippen LogP contribution in [0.2, 0.25) is 0 Å². The average Bonchev–Trinajstić information content (AvgIpc) is 3.17. The highest BCUT2D eigenvalue weighted by atomic mass is 32.1. The maximum atomic E-state index is 12.4. The normalized spacial score (nSPS) is 11.0. The second-order valence-electron chi connectivity index (χ2n) is 8.06. The fourth-order valence-corrected chi connectivity index (χ4v) is 4.03. The molecule has 0 atom stereocenters. The Morgan fingerprint density at radius 1 is 1.18 bits per heavy atom. The van der Waals surface area contributed by atoms with Gasteiger partial charge in [0.25, 0.3) is 5.91 Å². The van der Waals surface area contributed by atoms with Gasteiger partial charge in [0.1, 0.15) is 16.6 Å². The molecule has 1 amide bonds. The summed E-state index contributed by atoms with van der Waals surface area (Å²) in [6, 6.07) is 9.06. The van der Waals surface area contributed by atoms with Crippen LogP contribution in [0.25, 0.3) is 6.08 Å². The lowest BCUT2D eigenvalue weighted by atomic mass is 10.0. The fraction of sp³-hybridized carbons (Fsp3) is 0.360. The molecule has 34 heavy (non-hydrogen) atoms. The van der Waals surface area contributed by atoms with Crippen molar-refractivity contribution in [2.75, 3.05) is 37.5 Å². The molecular formula is C25H29N3O5S. The van der Waals surface area contributed by atoms with Crippen molar-refractivity contribution in [1.82, 2.24) is 0 Å². The minimum atomic E-state index is -0.911. The van der Waals surface area contributed by atoms with Crippen LogP contribution in [-0.2, 0) is 25.5 Å². The first kappa shape index (κ1) is 26.6. The second-order valence-corrected chi connectivity index (χ2v) is 8.94. The molecule has 0 aliphatic rings. The van der Waals surface area contributed by atoms with E-state index in [2.05, 4.69) is 5.32 Å². The lowest BCUT2D eigenvalue weighted by Gasteiger charge is -2.12. The smallest absolute Gasteiger partial charge is 0.349 e. The first-order valence-electron chi connectivity index (χ1n) is 10.8. The number of amides is 1. The largest absolute Gasteiger partial charge is 0.462 e. The topological polar surface area (TPSA) is 109 Å². The summed E-state index contributed by atoms with van der Waals surface area (Å²) in [5.41, 5.74) is 2.51. The summed E-state index contributed by atoms with van der Waals surface area (Å²) in [4.78, 5) is 39.1. The summed E-state index contributed by atoms with van der Waals surface area (Å²) < 4.78 is 10.2. The van der Waals surface area contributed by atoms with E-state index in [1.165, 1.54) is 17.4 Å². The molecule has 1 aromatic heterocycles. The number of rotatable bonds is 10. The lowest BCUT2D eigenvalue weighted by molar-refractivity contribution is -0.142. The maximum Gasteiger partial charge on any atom is 0.349 e. The van der Waals surface area contributed by atoms with E-state index < -0.39 is 24.5 Å². The molecule has 2 rings (SSSR count). The SMILES string of the molecule is CCOC(=O)c1c(CC(C)C)csc1NC(=O)COC(=O)/C(C#N)=C/c1ccc(N(C)C)cc1. The zero-order chi connectivity index (χ0) is 25.3. The Bertz CT molecular complexity index is 1090. The number of carbonyl (C=O) groups excluding carboxylic acids is 3. The molecule has 0 fully saturated rings. The summed E-state index contributed by atoms with van der Waals surface area (Å²) >= 11 is 1.21. The zero-order valence-corrected chi connectivity index (χ0v) is 20.8. The van der Waals surface area contributed by atoms with Crippen molar-refractivity contribution >= 4 is 45.9 Å². The van der Waals surface area contributed by atoms with E-state index in [-0.39, 0.29) is 12.2 Å². The van der Waals surface area contributed by atoms with Crippen molar-refractivity contribution in [3.8, 4) is 6.07 Å². The summed E-state index contributed by atoms with van der Waals surface area (Å²) in [7, 11) is 3.82. The number of benzene rings is 1. The standard InChI is InChI=1S/C25H29N3O5S/c1-6-32-25(31)22-19(11-16(2)3)15-34-23(22)27-21(29)14-33-24(30)18(13-26)12-17-7-9-20(10-8-17)28(4)5/h7-10,12,15-16H,6,11,14H2,1-5H3,(H,27,29)/b18-12+. The first-order chi connectivity index (χ1) is 16.2. The second kappa shape index (κ2) is 12.6. The van der Waals surface area contributed by atoms with E-state index in [9.17, 15) is 19.6 Å². The van der Waals surface area contributed by atoms with Gasteiger partial charge in [0.2, 0.25) is 0 Å². The molecule has 1 N–H and O–H groups in total. The number of carbonyl (C=O) groups is 3. The van der Waals surface area contributed by atoms with Gasteiger partial charge in [0.15, 0.2) is 6.61 Å². The third-order valence-electron chi connectivity index (χ3n) is 4.62. The summed E-state index contributed by atoms with van der Waals surface area (Å²) in [5.74, 6) is -1.74. The number of ether oxygens (including phenoxy) is 2. The number of hydrogen-bond donors (Lipinski definition) is 1. The first-order valence-corrected chi connectivity index (χ1v) is 11.7. The van der Waals surface area contributed by atoms with Crippen LogP contribution in [0.5, 0.6) is 0 Å². The Kier molecular flexibility index (Phi) is 9.83. The number of nitrogens with zero attached hydrogens (tertiary/aromatic N) is 2.